The molecule has 2 rings (SSSR count). The lowest BCUT2D eigenvalue weighted by molar-refractivity contribution is 0.0444. The van der Waals surface area contributed by atoms with E-state index in [4.69, 9.17) is 4.74 Å². The summed E-state index contributed by atoms with van der Waals surface area (Å²) in [5, 5.41) is 10.1. The van der Waals surface area contributed by atoms with Crippen LogP contribution < -0.4 is 0 Å². The molecule has 4 nitrogen and oxygen atoms in total. The van der Waals surface area contributed by atoms with Gasteiger partial charge in [-0.1, -0.05) is 22.0 Å². The van der Waals surface area contributed by atoms with Crippen LogP contribution in [0.2, 0.25) is 0 Å². The topological polar surface area (TPSA) is 49.8 Å². The molecule has 0 spiro atoms. The molecule has 1 atom stereocenters. The zero-order valence-electron chi connectivity index (χ0n) is 12.6. The molecule has 1 N–H and O–H groups in total. The SMILES string of the molecule is COC(=O)c1ccc(CN2CCCC(C)(O)CC2)c(Br)c1. The van der Waals surface area contributed by atoms with Crippen LogP contribution in [0.4, 0.5) is 0 Å². The lowest BCUT2D eigenvalue weighted by atomic mass is 9.98. The summed E-state index contributed by atoms with van der Waals surface area (Å²) in [5.41, 5.74) is 1.15. The predicted octanol–water partition coefficient (Wildman–Crippen LogP) is 2.97. The van der Waals surface area contributed by atoms with Crippen molar-refractivity contribution in [1.82, 2.24) is 4.90 Å². The summed E-state index contributed by atoms with van der Waals surface area (Å²) >= 11 is 3.53. The van der Waals surface area contributed by atoms with Gasteiger partial charge in [-0.3, -0.25) is 4.90 Å². The van der Waals surface area contributed by atoms with Gasteiger partial charge in [0.05, 0.1) is 18.3 Å². The molecule has 0 saturated carbocycles. The normalized spacial score (nSPS) is 23.6. The Balaban J connectivity index is 2.04. The molecular weight excluding hydrogens is 334 g/mol. The number of hydrogen-bond donors (Lipinski definition) is 1. The second-order valence-corrected chi connectivity index (χ2v) is 6.78. The molecule has 0 aromatic heterocycles. The third kappa shape index (κ3) is 4.53. The number of likely N-dealkylation sites (tertiary alicyclic amines) is 1. The van der Waals surface area contributed by atoms with Crippen LogP contribution in [0.1, 0.15) is 42.1 Å². The van der Waals surface area contributed by atoms with Gasteiger partial charge in [0.1, 0.15) is 0 Å². The zero-order chi connectivity index (χ0) is 15.5. The fourth-order valence-corrected chi connectivity index (χ4v) is 3.14. The molecule has 5 heteroatoms. The number of nitrogens with zero attached hydrogens (tertiary/aromatic N) is 1. The molecule has 0 radical (unpaired) electrons. The average molecular weight is 356 g/mol. The van der Waals surface area contributed by atoms with Gasteiger partial charge in [0.2, 0.25) is 0 Å². The predicted molar refractivity (Wildman–Crippen MR) is 85.2 cm³/mol. The first-order valence-electron chi connectivity index (χ1n) is 7.23. The van der Waals surface area contributed by atoms with E-state index in [0.717, 1.165) is 48.9 Å². The number of hydrogen-bond acceptors (Lipinski definition) is 4. The van der Waals surface area contributed by atoms with E-state index >= 15 is 0 Å². The van der Waals surface area contributed by atoms with Crippen molar-refractivity contribution in [2.75, 3.05) is 20.2 Å². The van der Waals surface area contributed by atoms with E-state index in [0.29, 0.717) is 5.56 Å². The van der Waals surface area contributed by atoms with Crippen LogP contribution in [-0.4, -0.2) is 41.8 Å². The lowest BCUT2D eigenvalue weighted by Gasteiger charge is -2.23. The van der Waals surface area contributed by atoms with Crippen molar-refractivity contribution in [3.8, 4) is 0 Å². The standard InChI is InChI=1S/C16H22BrNO3/c1-16(20)6-3-8-18(9-7-16)11-13-5-4-12(10-14(13)17)15(19)21-2/h4-5,10,20H,3,6-9,11H2,1-2H3. The highest BCUT2D eigenvalue weighted by molar-refractivity contribution is 9.10. The monoisotopic (exact) mass is 355 g/mol. The van der Waals surface area contributed by atoms with Crippen LogP contribution >= 0.6 is 15.9 Å². The summed E-state index contributed by atoms with van der Waals surface area (Å²) in [6.07, 6.45) is 2.65. The minimum Gasteiger partial charge on any atom is -0.465 e. The molecule has 1 aromatic rings. The summed E-state index contributed by atoms with van der Waals surface area (Å²) in [7, 11) is 1.38. The summed E-state index contributed by atoms with van der Waals surface area (Å²) in [4.78, 5) is 13.8. The van der Waals surface area contributed by atoms with Crippen molar-refractivity contribution in [3.05, 3.63) is 33.8 Å². The smallest absolute Gasteiger partial charge is 0.337 e. The van der Waals surface area contributed by atoms with Gasteiger partial charge in [-0.05, 0) is 50.4 Å². The van der Waals surface area contributed by atoms with Gasteiger partial charge in [-0.2, -0.15) is 0 Å². The molecule has 1 aromatic carbocycles. The zero-order valence-corrected chi connectivity index (χ0v) is 14.1. The Morgan fingerprint density at radius 3 is 2.86 bits per heavy atom. The summed E-state index contributed by atoms with van der Waals surface area (Å²) in [6, 6.07) is 5.55. The minimum absolute atomic E-state index is 0.326. The van der Waals surface area contributed by atoms with Crippen molar-refractivity contribution in [3.63, 3.8) is 0 Å². The van der Waals surface area contributed by atoms with Crippen molar-refractivity contribution in [2.45, 2.75) is 38.3 Å². The Labute approximate surface area is 134 Å². The highest BCUT2D eigenvalue weighted by atomic mass is 79.9. The fraction of sp³-hybridized carbons (Fsp3) is 0.562. The summed E-state index contributed by atoms with van der Waals surface area (Å²) in [6.45, 7) is 4.61. The number of benzene rings is 1. The Bertz CT molecular complexity index is 516. The molecule has 0 bridgehead atoms. The molecule has 0 amide bonds. The Morgan fingerprint density at radius 2 is 2.19 bits per heavy atom. The molecule has 21 heavy (non-hydrogen) atoms. The number of carbonyl (C=O) groups is 1. The number of aliphatic hydroxyl groups is 1. The van der Waals surface area contributed by atoms with Crippen LogP contribution in [0, 0.1) is 0 Å². The van der Waals surface area contributed by atoms with Crippen LogP contribution in [0.3, 0.4) is 0 Å². The van der Waals surface area contributed by atoms with Crippen LogP contribution in [0.15, 0.2) is 22.7 Å². The van der Waals surface area contributed by atoms with Crippen LogP contribution in [0.25, 0.3) is 0 Å². The molecule has 1 saturated heterocycles. The maximum absolute atomic E-state index is 11.5. The molecule has 1 fully saturated rings. The van der Waals surface area contributed by atoms with E-state index in [1.807, 2.05) is 13.0 Å². The van der Waals surface area contributed by atoms with Gasteiger partial charge in [-0.15, -0.1) is 0 Å². The number of halogens is 1. The maximum atomic E-state index is 11.5. The molecule has 1 heterocycles. The second kappa shape index (κ2) is 6.90. The van der Waals surface area contributed by atoms with Crippen LogP contribution in [0.5, 0.6) is 0 Å². The van der Waals surface area contributed by atoms with Gasteiger partial charge in [0.15, 0.2) is 0 Å². The van der Waals surface area contributed by atoms with Crippen molar-refractivity contribution >= 4 is 21.9 Å². The Morgan fingerprint density at radius 1 is 1.43 bits per heavy atom. The van der Waals surface area contributed by atoms with E-state index in [1.54, 1.807) is 12.1 Å². The number of esters is 1. The van der Waals surface area contributed by atoms with Crippen molar-refractivity contribution < 1.29 is 14.6 Å². The lowest BCUT2D eigenvalue weighted by Crippen LogP contribution is -2.28. The molecule has 0 aliphatic carbocycles. The number of carbonyl (C=O) groups excluding carboxylic acids is 1. The third-order valence-electron chi connectivity index (χ3n) is 4.02. The van der Waals surface area contributed by atoms with E-state index in [9.17, 15) is 9.90 Å². The first kappa shape index (κ1) is 16.5. The van der Waals surface area contributed by atoms with Crippen LogP contribution in [-0.2, 0) is 11.3 Å². The fourth-order valence-electron chi connectivity index (χ4n) is 2.64. The first-order chi connectivity index (χ1) is 9.91. The molecule has 1 unspecified atom stereocenters. The average Bonchev–Trinajstić information content (AvgIpc) is 2.61. The summed E-state index contributed by atoms with van der Waals surface area (Å²) < 4.78 is 5.64. The van der Waals surface area contributed by atoms with Gasteiger partial charge in [0.25, 0.3) is 0 Å². The summed E-state index contributed by atoms with van der Waals surface area (Å²) in [5.74, 6) is -0.326. The van der Waals surface area contributed by atoms with E-state index in [2.05, 4.69) is 20.8 Å². The number of methoxy groups -OCH3 is 1. The molecular formula is C16H22BrNO3. The van der Waals surface area contributed by atoms with Crippen molar-refractivity contribution in [1.29, 1.82) is 0 Å². The minimum atomic E-state index is -0.541. The van der Waals surface area contributed by atoms with E-state index in [-0.39, 0.29) is 5.97 Å². The Kier molecular flexibility index (Phi) is 5.41. The third-order valence-corrected chi connectivity index (χ3v) is 4.76. The largest absolute Gasteiger partial charge is 0.465 e. The molecule has 116 valence electrons. The van der Waals surface area contributed by atoms with Gasteiger partial charge >= 0.3 is 5.97 Å². The number of ether oxygens (including phenoxy) is 1. The van der Waals surface area contributed by atoms with Crippen molar-refractivity contribution in [2.24, 2.45) is 0 Å². The first-order valence-corrected chi connectivity index (χ1v) is 8.02. The quantitative estimate of drug-likeness (QED) is 0.846. The number of rotatable bonds is 3. The van der Waals surface area contributed by atoms with E-state index in [1.165, 1.54) is 7.11 Å². The van der Waals surface area contributed by atoms with E-state index < -0.39 is 5.60 Å². The second-order valence-electron chi connectivity index (χ2n) is 5.92. The molecule has 1 aliphatic heterocycles. The maximum Gasteiger partial charge on any atom is 0.337 e. The van der Waals surface area contributed by atoms with Gasteiger partial charge in [-0.25, -0.2) is 4.79 Å². The highest BCUT2D eigenvalue weighted by Gasteiger charge is 2.25. The highest BCUT2D eigenvalue weighted by Crippen LogP contribution is 2.25. The molecule has 1 aliphatic rings. The Hall–Kier alpha value is -0.910. The van der Waals surface area contributed by atoms with Gasteiger partial charge < -0.3 is 9.84 Å². The van der Waals surface area contributed by atoms with Gasteiger partial charge in [0, 0.05) is 17.6 Å².